The summed E-state index contributed by atoms with van der Waals surface area (Å²) in [5.41, 5.74) is 3.70. The summed E-state index contributed by atoms with van der Waals surface area (Å²) in [6.45, 7) is 6.95. The van der Waals surface area contributed by atoms with E-state index in [0.29, 0.717) is 0 Å². The van der Waals surface area contributed by atoms with E-state index in [1.807, 2.05) is 30.7 Å². The van der Waals surface area contributed by atoms with Gasteiger partial charge in [-0.05, 0) is 55.3 Å². The van der Waals surface area contributed by atoms with Crippen molar-refractivity contribution < 1.29 is 5.11 Å². The van der Waals surface area contributed by atoms with Crippen LogP contribution in [0.3, 0.4) is 0 Å². The second-order valence-electron chi connectivity index (χ2n) is 6.98. The van der Waals surface area contributed by atoms with Crippen LogP contribution in [0.15, 0.2) is 85.2 Å². The lowest BCUT2D eigenvalue weighted by atomic mass is 9.97. The van der Waals surface area contributed by atoms with Crippen molar-refractivity contribution >= 4 is 11.9 Å². The van der Waals surface area contributed by atoms with Gasteiger partial charge in [0.15, 0.2) is 0 Å². The first-order chi connectivity index (χ1) is 14.3. The smallest absolute Gasteiger partial charge is 0.0956 e. The molecule has 4 rings (SSSR count). The van der Waals surface area contributed by atoms with Crippen molar-refractivity contribution in [1.29, 1.82) is 0 Å². The average molecular weight is 408 g/mol. The van der Waals surface area contributed by atoms with Crippen molar-refractivity contribution in [3.63, 3.8) is 0 Å². The SMILES string of the molecule is C=C.OC(CCCCNSc1ccccc1)CC1c2ccccc2-c2cncn21. The minimum absolute atomic E-state index is 0.195. The van der Waals surface area contributed by atoms with Gasteiger partial charge in [0, 0.05) is 17.0 Å². The van der Waals surface area contributed by atoms with Crippen molar-refractivity contribution in [2.24, 2.45) is 0 Å². The molecular weight excluding hydrogens is 378 g/mol. The topological polar surface area (TPSA) is 50.1 Å². The van der Waals surface area contributed by atoms with Crippen LogP contribution in [0, 0.1) is 0 Å². The molecule has 2 unspecified atom stereocenters. The van der Waals surface area contributed by atoms with Gasteiger partial charge >= 0.3 is 0 Å². The second-order valence-corrected chi connectivity index (χ2v) is 7.95. The molecule has 2 aromatic carbocycles. The maximum absolute atomic E-state index is 10.6. The Morgan fingerprint density at radius 3 is 2.66 bits per heavy atom. The maximum atomic E-state index is 10.6. The standard InChI is InChI=1S/C22H25N3OS.C2H4/c26-17(8-6-7-13-24-27-18-9-2-1-3-10-18)14-21-19-11-4-5-12-20(19)22-15-23-16-25(21)22;1-2/h1-5,9-12,15-17,21,24,26H,6-8,13-14H2;1-2H2. The normalized spacial score (nSPS) is 15.1. The van der Waals surface area contributed by atoms with E-state index in [4.69, 9.17) is 0 Å². The molecule has 2 atom stereocenters. The number of rotatable bonds is 9. The number of hydrogen-bond donors (Lipinski definition) is 2. The highest BCUT2D eigenvalue weighted by atomic mass is 32.2. The number of aromatic nitrogens is 2. The molecule has 0 spiro atoms. The molecule has 29 heavy (non-hydrogen) atoms. The first-order valence-corrected chi connectivity index (χ1v) is 10.9. The highest BCUT2D eigenvalue weighted by molar-refractivity contribution is 7.97. The van der Waals surface area contributed by atoms with Crippen LogP contribution in [0.5, 0.6) is 0 Å². The Labute approximate surface area is 177 Å². The third-order valence-electron chi connectivity index (χ3n) is 5.09. The van der Waals surface area contributed by atoms with Gasteiger partial charge in [-0.2, -0.15) is 0 Å². The van der Waals surface area contributed by atoms with Crippen molar-refractivity contribution in [2.45, 2.75) is 42.7 Å². The number of unbranched alkanes of at least 4 members (excludes halogenated alkanes) is 1. The lowest BCUT2D eigenvalue weighted by molar-refractivity contribution is 0.139. The van der Waals surface area contributed by atoms with E-state index < -0.39 is 0 Å². The predicted molar refractivity (Wildman–Crippen MR) is 122 cm³/mol. The van der Waals surface area contributed by atoms with Gasteiger partial charge in [0.25, 0.3) is 0 Å². The van der Waals surface area contributed by atoms with Crippen molar-refractivity contribution in [1.82, 2.24) is 14.3 Å². The summed E-state index contributed by atoms with van der Waals surface area (Å²) in [5, 5.41) is 10.6. The Hall–Kier alpha value is -2.34. The molecule has 1 aromatic heterocycles. The molecule has 1 aliphatic rings. The van der Waals surface area contributed by atoms with E-state index in [0.717, 1.165) is 37.9 Å². The number of aliphatic hydroxyl groups excluding tert-OH is 1. The van der Waals surface area contributed by atoms with Gasteiger partial charge in [-0.1, -0.05) is 42.5 Å². The van der Waals surface area contributed by atoms with E-state index in [1.165, 1.54) is 16.0 Å². The van der Waals surface area contributed by atoms with E-state index >= 15 is 0 Å². The molecule has 2 heterocycles. The lowest BCUT2D eigenvalue weighted by Gasteiger charge is -2.19. The van der Waals surface area contributed by atoms with Crippen molar-refractivity contribution in [3.8, 4) is 11.3 Å². The Morgan fingerprint density at radius 2 is 1.83 bits per heavy atom. The monoisotopic (exact) mass is 407 g/mol. The molecule has 0 saturated carbocycles. The molecule has 3 aromatic rings. The van der Waals surface area contributed by atoms with Crippen LogP contribution in [-0.2, 0) is 0 Å². The van der Waals surface area contributed by atoms with Crippen molar-refractivity contribution in [3.05, 3.63) is 85.8 Å². The van der Waals surface area contributed by atoms with E-state index in [1.54, 1.807) is 11.9 Å². The number of fused-ring (bicyclic) bond motifs is 3. The molecule has 152 valence electrons. The summed E-state index contributed by atoms with van der Waals surface area (Å²) in [4.78, 5) is 5.52. The zero-order valence-electron chi connectivity index (χ0n) is 16.7. The van der Waals surface area contributed by atoms with Gasteiger partial charge < -0.3 is 9.67 Å². The van der Waals surface area contributed by atoms with Gasteiger partial charge in [0.1, 0.15) is 0 Å². The lowest BCUT2D eigenvalue weighted by Crippen LogP contribution is -2.16. The summed E-state index contributed by atoms with van der Waals surface area (Å²) in [7, 11) is 0. The van der Waals surface area contributed by atoms with Gasteiger partial charge in [0.2, 0.25) is 0 Å². The predicted octanol–water partition coefficient (Wildman–Crippen LogP) is 5.47. The van der Waals surface area contributed by atoms with Crippen LogP contribution < -0.4 is 4.72 Å². The van der Waals surface area contributed by atoms with Crippen LogP contribution in [0.1, 0.15) is 37.3 Å². The molecule has 2 N–H and O–H groups in total. The molecule has 0 bridgehead atoms. The van der Waals surface area contributed by atoms with Crippen LogP contribution in [-0.4, -0.2) is 27.3 Å². The van der Waals surface area contributed by atoms with E-state index in [9.17, 15) is 5.11 Å². The molecule has 0 radical (unpaired) electrons. The first-order valence-electron chi connectivity index (χ1n) is 10.1. The van der Waals surface area contributed by atoms with Crippen LogP contribution in [0.2, 0.25) is 0 Å². The Kier molecular flexibility index (Phi) is 8.11. The van der Waals surface area contributed by atoms with Gasteiger partial charge in [0.05, 0.1) is 30.4 Å². The molecule has 5 heteroatoms. The number of hydrogen-bond acceptors (Lipinski definition) is 4. The summed E-state index contributed by atoms with van der Waals surface area (Å²) in [5.74, 6) is 0. The zero-order chi connectivity index (χ0) is 20.5. The average Bonchev–Trinajstić information content (AvgIpc) is 3.36. The van der Waals surface area contributed by atoms with Crippen LogP contribution in [0.25, 0.3) is 11.3 Å². The first kappa shape index (κ1) is 21.4. The largest absolute Gasteiger partial charge is 0.393 e. The number of imidazole rings is 1. The molecule has 0 amide bonds. The fraction of sp³-hybridized carbons (Fsp3) is 0.292. The molecule has 0 saturated heterocycles. The quantitative estimate of drug-likeness (QED) is 0.280. The Balaban J connectivity index is 0.00000117. The Morgan fingerprint density at radius 1 is 1.07 bits per heavy atom. The number of nitrogens with zero attached hydrogens (tertiary/aromatic N) is 2. The summed E-state index contributed by atoms with van der Waals surface area (Å²) >= 11 is 1.67. The number of nitrogens with one attached hydrogen (secondary N) is 1. The molecule has 0 fully saturated rings. The fourth-order valence-electron chi connectivity index (χ4n) is 3.75. The zero-order valence-corrected chi connectivity index (χ0v) is 17.5. The van der Waals surface area contributed by atoms with Gasteiger partial charge in [-0.3, -0.25) is 4.72 Å². The van der Waals surface area contributed by atoms with Crippen LogP contribution >= 0.6 is 11.9 Å². The summed E-state index contributed by atoms with van der Waals surface area (Å²) in [6.07, 6.45) is 7.17. The molecule has 4 nitrogen and oxygen atoms in total. The highest BCUT2D eigenvalue weighted by Crippen LogP contribution is 2.41. The highest BCUT2D eigenvalue weighted by Gasteiger charge is 2.29. The maximum Gasteiger partial charge on any atom is 0.0956 e. The third-order valence-corrected chi connectivity index (χ3v) is 5.95. The van der Waals surface area contributed by atoms with Crippen LogP contribution in [0.4, 0.5) is 0 Å². The van der Waals surface area contributed by atoms with Gasteiger partial charge in [-0.25, -0.2) is 4.98 Å². The minimum Gasteiger partial charge on any atom is -0.393 e. The minimum atomic E-state index is -0.293. The second kappa shape index (κ2) is 11.0. The van der Waals surface area contributed by atoms with Crippen molar-refractivity contribution in [2.75, 3.05) is 6.54 Å². The molecule has 0 aliphatic carbocycles. The summed E-state index contributed by atoms with van der Waals surface area (Å²) in [6, 6.07) is 19.0. The molecular formula is C24H29N3OS. The van der Waals surface area contributed by atoms with E-state index in [2.05, 4.69) is 63.8 Å². The number of benzene rings is 2. The number of aliphatic hydroxyl groups is 1. The fourth-order valence-corrected chi connectivity index (χ4v) is 4.45. The Bertz CT molecular complexity index is 881. The summed E-state index contributed by atoms with van der Waals surface area (Å²) < 4.78 is 5.59. The van der Waals surface area contributed by atoms with Gasteiger partial charge in [-0.15, -0.1) is 13.2 Å². The third kappa shape index (κ3) is 5.38. The van der Waals surface area contributed by atoms with E-state index in [-0.39, 0.29) is 12.1 Å². The molecule has 1 aliphatic heterocycles.